The molecule has 3 nitrogen and oxygen atoms in total. The molecule has 0 N–H and O–H groups in total. The van der Waals surface area contributed by atoms with Crippen LogP contribution in [0, 0.1) is 0 Å². The van der Waals surface area contributed by atoms with Crippen molar-refractivity contribution in [1.82, 2.24) is 0 Å². The Balaban J connectivity index is 3.12. The number of quaternary nitrogens is 1. The van der Waals surface area contributed by atoms with Gasteiger partial charge in [0.2, 0.25) is 0 Å². The molecule has 0 aliphatic heterocycles. The average Bonchev–Trinajstić information content (AvgIpc) is 2.35. The molecule has 0 aliphatic carbocycles. The van der Waals surface area contributed by atoms with Crippen LogP contribution in [-0.4, -0.2) is 44.7 Å². The third kappa shape index (κ3) is 15.5. The number of rotatable bonds is 13. The largest absolute Gasteiger partial charge is 0.466 e. The van der Waals surface area contributed by atoms with Crippen molar-refractivity contribution in [2.75, 3.05) is 34.3 Å². The summed E-state index contributed by atoms with van der Waals surface area (Å²) in [5.41, 5.74) is 0. The monoisotopic (exact) mass is 286 g/mol. The van der Waals surface area contributed by atoms with E-state index in [2.05, 4.69) is 21.1 Å². The fourth-order valence-corrected chi connectivity index (χ4v) is 2.33. The fraction of sp³-hybridized carbons (Fsp3) is 0.941. The van der Waals surface area contributed by atoms with Crippen molar-refractivity contribution in [1.29, 1.82) is 0 Å². The molecular formula is C17H36NO2+. The van der Waals surface area contributed by atoms with E-state index in [0.717, 1.165) is 10.9 Å². The third-order valence-corrected chi connectivity index (χ3v) is 3.52. The van der Waals surface area contributed by atoms with Crippen LogP contribution in [0.25, 0.3) is 0 Å². The molecule has 0 aromatic rings. The molecule has 0 saturated heterocycles. The van der Waals surface area contributed by atoms with E-state index in [-0.39, 0.29) is 5.97 Å². The predicted molar refractivity (Wildman–Crippen MR) is 85.7 cm³/mol. The van der Waals surface area contributed by atoms with Crippen molar-refractivity contribution in [3.05, 3.63) is 0 Å². The molecule has 0 radical (unpaired) electrons. The van der Waals surface area contributed by atoms with E-state index in [0.29, 0.717) is 13.0 Å². The van der Waals surface area contributed by atoms with Crippen LogP contribution in [0.1, 0.15) is 71.1 Å². The highest BCUT2D eigenvalue weighted by atomic mass is 16.5. The van der Waals surface area contributed by atoms with Gasteiger partial charge in [0, 0.05) is 6.42 Å². The zero-order chi connectivity index (χ0) is 15.3. The molecule has 120 valence electrons. The van der Waals surface area contributed by atoms with E-state index in [1.807, 2.05) is 6.92 Å². The molecule has 0 bridgehead atoms. The van der Waals surface area contributed by atoms with Crippen LogP contribution in [0.5, 0.6) is 0 Å². The first kappa shape index (κ1) is 19.4. The van der Waals surface area contributed by atoms with E-state index in [9.17, 15) is 4.79 Å². The molecule has 0 spiro atoms. The summed E-state index contributed by atoms with van der Waals surface area (Å²) < 4.78 is 5.99. The number of carbonyl (C=O) groups excluding carboxylic acids is 1. The Hall–Kier alpha value is -0.570. The lowest BCUT2D eigenvalue weighted by Crippen LogP contribution is -2.35. The quantitative estimate of drug-likeness (QED) is 0.289. The highest BCUT2D eigenvalue weighted by Gasteiger charge is 2.05. The first-order valence-electron chi connectivity index (χ1n) is 8.42. The summed E-state index contributed by atoms with van der Waals surface area (Å²) in [6, 6.07) is 0. The minimum atomic E-state index is -0.0373. The second-order valence-electron chi connectivity index (χ2n) is 6.75. The van der Waals surface area contributed by atoms with Crippen LogP contribution < -0.4 is 0 Å². The van der Waals surface area contributed by atoms with Crippen LogP contribution in [0.3, 0.4) is 0 Å². The summed E-state index contributed by atoms with van der Waals surface area (Å²) in [6.45, 7) is 3.65. The highest BCUT2D eigenvalue weighted by Crippen LogP contribution is 2.11. The van der Waals surface area contributed by atoms with Crippen LogP contribution in [-0.2, 0) is 9.53 Å². The standard InChI is InChI=1S/C17H36NO2/c1-5-20-17(19)15-13-11-9-7-6-8-10-12-14-16-18(2,3)4/h5-16H2,1-4H3/q+1. The van der Waals surface area contributed by atoms with E-state index in [1.165, 1.54) is 57.9 Å². The van der Waals surface area contributed by atoms with Crippen molar-refractivity contribution in [2.45, 2.75) is 71.1 Å². The summed E-state index contributed by atoms with van der Waals surface area (Å²) >= 11 is 0. The number of nitrogens with zero attached hydrogens (tertiary/aromatic N) is 1. The van der Waals surface area contributed by atoms with Gasteiger partial charge in [-0.05, 0) is 26.2 Å². The van der Waals surface area contributed by atoms with Gasteiger partial charge in [0.15, 0.2) is 0 Å². The average molecular weight is 286 g/mol. The lowest BCUT2D eigenvalue weighted by Gasteiger charge is -2.23. The van der Waals surface area contributed by atoms with Crippen LogP contribution in [0.4, 0.5) is 0 Å². The number of unbranched alkanes of at least 4 members (excludes halogenated alkanes) is 8. The number of hydrogen-bond acceptors (Lipinski definition) is 2. The predicted octanol–water partition coefficient (Wildman–Crippen LogP) is 4.16. The van der Waals surface area contributed by atoms with Gasteiger partial charge in [0.1, 0.15) is 0 Å². The molecule has 0 unspecified atom stereocenters. The molecule has 0 fully saturated rings. The first-order chi connectivity index (χ1) is 9.45. The Morgan fingerprint density at radius 1 is 0.800 bits per heavy atom. The summed E-state index contributed by atoms with van der Waals surface area (Å²) in [4.78, 5) is 11.1. The molecule has 0 amide bonds. The molecule has 0 aromatic heterocycles. The van der Waals surface area contributed by atoms with Gasteiger partial charge in [-0.15, -0.1) is 0 Å². The normalized spacial score (nSPS) is 11.6. The van der Waals surface area contributed by atoms with Gasteiger partial charge in [-0.25, -0.2) is 0 Å². The Bertz CT molecular complexity index is 234. The van der Waals surface area contributed by atoms with Gasteiger partial charge in [-0.1, -0.05) is 38.5 Å². The smallest absolute Gasteiger partial charge is 0.305 e. The van der Waals surface area contributed by atoms with E-state index in [4.69, 9.17) is 4.74 Å². The van der Waals surface area contributed by atoms with Crippen LogP contribution in [0.2, 0.25) is 0 Å². The first-order valence-corrected chi connectivity index (χ1v) is 8.42. The SMILES string of the molecule is CCOC(=O)CCCCCCCCCCC[N+](C)(C)C. The molecule has 3 heteroatoms. The van der Waals surface area contributed by atoms with Crippen molar-refractivity contribution < 1.29 is 14.0 Å². The maximum absolute atomic E-state index is 11.1. The Labute approximate surface area is 126 Å². The van der Waals surface area contributed by atoms with Gasteiger partial charge >= 0.3 is 5.97 Å². The van der Waals surface area contributed by atoms with E-state index in [1.54, 1.807) is 0 Å². The van der Waals surface area contributed by atoms with Crippen LogP contribution in [0.15, 0.2) is 0 Å². The maximum atomic E-state index is 11.1. The zero-order valence-corrected chi connectivity index (χ0v) is 14.2. The number of carbonyl (C=O) groups is 1. The summed E-state index contributed by atoms with van der Waals surface area (Å²) in [5.74, 6) is -0.0373. The second kappa shape index (κ2) is 12.2. The van der Waals surface area contributed by atoms with Gasteiger partial charge < -0.3 is 9.22 Å². The number of esters is 1. The Morgan fingerprint density at radius 3 is 1.70 bits per heavy atom. The second-order valence-corrected chi connectivity index (χ2v) is 6.75. The minimum absolute atomic E-state index is 0.0373. The number of ether oxygens (including phenoxy) is 1. The van der Waals surface area contributed by atoms with Crippen molar-refractivity contribution >= 4 is 5.97 Å². The van der Waals surface area contributed by atoms with E-state index < -0.39 is 0 Å². The van der Waals surface area contributed by atoms with Crippen molar-refractivity contribution in [3.63, 3.8) is 0 Å². The maximum Gasteiger partial charge on any atom is 0.305 e. The molecule has 0 saturated carbocycles. The Morgan fingerprint density at radius 2 is 1.25 bits per heavy atom. The molecule has 0 heterocycles. The Kier molecular flexibility index (Phi) is 11.8. The topological polar surface area (TPSA) is 26.3 Å². The summed E-state index contributed by atoms with van der Waals surface area (Å²) in [6.07, 6.45) is 12.2. The zero-order valence-electron chi connectivity index (χ0n) is 14.2. The van der Waals surface area contributed by atoms with Gasteiger partial charge in [0.25, 0.3) is 0 Å². The molecule has 20 heavy (non-hydrogen) atoms. The van der Waals surface area contributed by atoms with Crippen LogP contribution >= 0.6 is 0 Å². The molecule has 0 aliphatic rings. The van der Waals surface area contributed by atoms with Crippen molar-refractivity contribution in [2.24, 2.45) is 0 Å². The molecule has 0 rings (SSSR count). The lowest BCUT2D eigenvalue weighted by atomic mass is 10.1. The lowest BCUT2D eigenvalue weighted by molar-refractivity contribution is -0.870. The number of hydrogen-bond donors (Lipinski definition) is 0. The van der Waals surface area contributed by atoms with Crippen molar-refractivity contribution in [3.8, 4) is 0 Å². The minimum Gasteiger partial charge on any atom is -0.466 e. The van der Waals surface area contributed by atoms with Gasteiger partial charge in [0.05, 0.1) is 34.3 Å². The third-order valence-electron chi connectivity index (χ3n) is 3.52. The summed E-state index contributed by atoms with van der Waals surface area (Å²) in [7, 11) is 6.78. The van der Waals surface area contributed by atoms with E-state index >= 15 is 0 Å². The fourth-order valence-electron chi connectivity index (χ4n) is 2.33. The highest BCUT2D eigenvalue weighted by molar-refractivity contribution is 5.69. The van der Waals surface area contributed by atoms with Gasteiger partial charge in [-0.3, -0.25) is 4.79 Å². The molecule has 0 atom stereocenters. The molecule has 0 aromatic carbocycles. The summed E-state index contributed by atoms with van der Waals surface area (Å²) in [5, 5.41) is 0. The molecular weight excluding hydrogens is 250 g/mol. The van der Waals surface area contributed by atoms with Gasteiger partial charge in [-0.2, -0.15) is 0 Å².